The Kier molecular flexibility index (Phi) is 3.89. The minimum atomic E-state index is -0.258. The highest BCUT2D eigenvalue weighted by molar-refractivity contribution is 6.32. The van der Waals surface area contributed by atoms with E-state index < -0.39 is 0 Å². The third kappa shape index (κ3) is 2.84. The fourth-order valence-electron chi connectivity index (χ4n) is 1.54. The van der Waals surface area contributed by atoms with Gasteiger partial charge in [0.15, 0.2) is 0 Å². The van der Waals surface area contributed by atoms with Gasteiger partial charge in [0.1, 0.15) is 5.15 Å². The molecule has 2 aromatic heterocycles. The van der Waals surface area contributed by atoms with Gasteiger partial charge in [-0.25, -0.2) is 4.98 Å². The molecule has 0 aliphatic rings. The molecule has 1 amide bonds. The summed E-state index contributed by atoms with van der Waals surface area (Å²) >= 11 is 5.86. The number of carbonyl (C=O) groups excluding carboxylic acids is 1. The number of nitrogens with one attached hydrogen (secondary N) is 1. The molecule has 0 fully saturated rings. The summed E-state index contributed by atoms with van der Waals surface area (Å²) in [4.78, 5) is 20.0. The maximum Gasteiger partial charge on any atom is 0.254 e. The molecule has 4 nitrogen and oxygen atoms in total. The molecule has 0 bridgehead atoms. The van der Waals surface area contributed by atoms with Crippen LogP contribution in [0, 0.1) is 0 Å². The molecule has 0 aliphatic carbocycles. The Balaban J connectivity index is 2.11. The SMILES string of the molecule is CC(NC(=O)c1cccnc1Cl)c1ccccn1. The predicted molar refractivity (Wildman–Crippen MR) is 69.4 cm³/mol. The third-order valence-corrected chi connectivity index (χ3v) is 2.78. The van der Waals surface area contributed by atoms with E-state index in [9.17, 15) is 4.79 Å². The molecule has 92 valence electrons. The standard InChI is InChI=1S/C13H12ClN3O/c1-9(11-6-2-3-7-15-11)17-13(18)10-5-4-8-16-12(10)14/h2-9H,1H3,(H,17,18). The largest absolute Gasteiger partial charge is 0.344 e. The van der Waals surface area contributed by atoms with Gasteiger partial charge in [0.2, 0.25) is 0 Å². The number of aromatic nitrogens is 2. The number of hydrogen-bond donors (Lipinski definition) is 1. The van der Waals surface area contributed by atoms with Crippen molar-refractivity contribution in [1.82, 2.24) is 15.3 Å². The molecule has 2 heterocycles. The van der Waals surface area contributed by atoms with Gasteiger partial charge in [0.25, 0.3) is 5.91 Å². The summed E-state index contributed by atoms with van der Waals surface area (Å²) in [6, 6.07) is 8.69. The topological polar surface area (TPSA) is 54.9 Å². The average Bonchev–Trinajstić information content (AvgIpc) is 2.40. The maximum atomic E-state index is 12.0. The lowest BCUT2D eigenvalue weighted by Gasteiger charge is -2.13. The first-order chi connectivity index (χ1) is 8.68. The van der Waals surface area contributed by atoms with Crippen LogP contribution >= 0.6 is 11.6 Å². The van der Waals surface area contributed by atoms with E-state index >= 15 is 0 Å². The summed E-state index contributed by atoms with van der Waals surface area (Å²) in [7, 11) is 0. The second kappa shape index (κ2) is 5.60. The Labute approximate surface area is 110 Å². The second-order valence-corrected chi connectivity index (χ2v) is 4.15. The Morgan fingerprint density at radius 1 is 1.22 bits per heavy atom. The van der Waals surface area contributed by atoms with E-state index in [-0.39, 0.29) is 17.1 Å². The molecule has 5 heteroatoms. The Bertz CT molecular complexity index is 545. The summed E-state index contributed by atoms with van der Waals surface area (Å²) in [5.41, 5.74) is 1.16. The van der Waals surface area contributed by atoms with E-state index in [1.807, 2.05) is 25.1 Å². The van der Waals surface area contributed by atoms with E-state index in [0.717, 1.165) is 5.69 Å². The third-order valence-electron chi connectivity index (χ3n) is 2.48. The number of carbonyl (C=O) groups is 1. The molecule has 18 heavy (non-hydrogen) atoms. The van der Waals surface area contributed by atoms with Crippen LogP contribution in [0.2, 0.25) is 5.15 Å². The molecule has 1 atom stereocenters. The van der Waals surface area contributed by atoms with Crippen LogP contribution in [-0.2, 0) is 0 Å². The van der Waals surface area contributed by atoms with Crippen molar-refractivity contribution in [2.45, 2.75) is 13.0 Å². The zero-order valence-electron chi connectivity index (χ0n) is 9.80. The quantitative estimate of drug-likeness (QED) is 0.864. The summed E-state index contributed by atoms with van der Waals surface area (Å²) in [5, 5.41) is 3.02. The van der Waals surface area contributed by atoms with E-state index in [4.69, 9.17) is 11.6 Å². The number of halogens is 1. The highest BCUT2D eigenvalue weighted by Gasteiger charge is 2.14. The van der Waals surface area contributed by atoms with Gasteiger partial charge in [0, 0.05) is 12.4 Å². The van der Waals surface area contributed by atoms with Crippen LogP contribution in [0.1, 0.15) is 29.0 Å². The van der Waals surface area contributed by atoms with Gasteiger partial charge in [-0.3, -0.25) is 9.78 Å². The lowest BCUT2D eigenvalue weighted by Crippen LogP contribution is -2.27. The molecule has 1 unspecified atom stereocenters. The molecular formula is C13H12ClN3O. The molecule has 0 spiro atoms. The van der Waals surface area contributed by atoms with Crippen molar-refractivity contribution < 1.29 is 4.79 Å². The van der Waals surface area contributed by atoms with Crippen LogP contribution in [0.3, 0.4) is 0 Å². The summed E-state index contributed by atoms with van der Waals surface area (Å²) in [6.45, 7) is 1.87. The van der Waals surface area contributed by atoms with Gasteiger partial charge in [-0.2, -0.15) is 0 Å². The second-order valence-electron chi connectivity index (χ2n) is 3.79. The summed E-state index contributed by atoms with van der Waals surface area (Å²) in [6.07, 6.45) is 3.23. The molecule has 2 rings (SSSR count). The molecule has 1 N–H and O–H groups in total. The van der Waals surface area contributed by atoms with Crippen molar-refractivity contribution in [3.63, 3.8) is 0 Å². The van der Waals surface area contributed by atoms with Gasteiger partial charge in [-0.1, -0.05) is 17.7 Å². The highest BCUT2D eigenvalue weighted by Crippen LogP contribution is 2.14. The van der Waals surface area contributed by atoms with Gasteiger partial charge in [-0.15, -0.1) is 0 Å². The van der Waals surface area contributed by atoms with Crippen LogP contribution in [0.5, 0.6) is 0 Å². The van der Waals surface area contributed by atoms with Gasteiger partial charge in [-0.05, 0) is 31.2 Å². The monoisotopic (exact) mass is 261 g/mol. The van der Waals surface area contributed by atoms with Gasteiger partial charge >= 0.3 is 0 Å². The fourth-order valence-corrected chi connectivity index (χ4v) is 1.74. The predicted octanol–water partition coefficient (Wildman–Crippen LogP) is 2.62. The lowest BCUT2D eigenvalue weighted by molar-refractivity contribution is 0.0939. The maximum absolute atomic E-state index is 12.0. The molecule has 0 saturated heterocycles. The normalized spacial score (nSPS) is 11.9. The summed E-state index contributed by atoms with van der Waals surface area (Å²) < 4.78 is 0. The smallest absolute Gasteiger partial charge is 0.254 e. The number of pyridine rings is 2. The fraction of sp³-hybridized carbons (Fsp3) is 0.154. The first-order valence-electron chi connectivity index (χ1n) is 5.51. The molecule has 2 aromatic rings. The molecule has 0 radical (unpaired) electrons. The lowest BCUT2D eigenvalue weighted by atomic mass is 10.2. The Morgan fingerprint density at radius 2 is 2.00 bits per heavy atom. The van der Waals surface area contributed by atoms with Crippen LogP contribution < -0.4 is 5.32 Å². The number of amides is 1. The van der Waals surface area contributed by atoms with Crippen molar-refractivity contribution in [2.75, 3.05) is 0 Å². The van der Waals surface area contributed by atoms with Crippen LogP contribution in [-0.4, -0.2) is 15.9 Å². The number of nitrogens with zero attached hydrogens (tertiary/aromatic N) is 2. The van der Waals surface area contributed by atoms with Crippen molar-refractivity contribution >= 4 is 17.5 Å². The zero-order chi connectivity index (χ0) is 13.0. The molecular weight excluding hydrogens is 250 g/mol. The number of rotatable bonds is 3. The average molecular weight is 262 g/mol. The van der Waals surface area contributed by atoms with Crippen LogP contribution in [0.25, 0.3) is 0 Å². The van der Waals surface area contributed by atoms with Crippen molar-refractivity contribution in [2.24, 2.45) is 0 Å². The van der Waals surface area contributed by atoms with E-state index in [1.54, 1.807) is 24.5 Å². The van der Waals surface area contributed by atoms with E-state index in [0.29, 0.717) is 5.56 Å². The minimum Gasteiger partial charge on any atom is -0.344 e. The van der Waals surface area contributed by atoms with Crippen molar-refractivity contribution in [3.8, 4) is 0 Å². The minimum absolute atomic E-state index is 0.185. The zero-order valence-corrected chi connectivity index (χ0v) is 10.6. The van der Waals surface area contributed by atoms with Crippen LogP contribution in [0.15, 0.2) is 42.7 Å². The summed E-state index contributed by atoms with van der Waals surface area (Å²) in [5.74, 6) is -0.258. The van der Waals surface area contributed by atoms with Crippen molar-refractivity contribution in [1.29, 1.82) is 0 Å². The van der Waals surface area contributed by atoms with Gasteiger partial charge < -0.3 is 5.32 Å². The highest BCUT2D eigenvalue weighted by atomic mass is 35.5. The van der Waals surface area contributed by atoms with Gasteiger partial charge in [0.05, 0.1) is 17.3 Å². The van der Waals surface area contributed by atoms with Crippen molar-refractivity contribution in [3.05, 3.63) is 59.1 Å². The number of hydrogen-bond acceptors (Lipinski definition) is 3. The Morgan fingerprint density at radius 3 is 2.67 bits per heavy atom. The Hall–Kier alpha value is -1.94. The first-order valence-corrected chi connectivity index (χ1v) is 5.88. The van der Waals surface area contributed by atoms with E-state index in [1.165, 1.54) is 0 Å². The molecule has 0 saturated carbocycles. The first kappa shape index (κ1) is 12.5. The van der Waals surface area contributed by atoms with Crippen LogP contribution in [0.4, 0.5) is 0 Å². The van der Waals surface area contributed by atoms with E-state index in [2.05, 4.69) is 15.3 Å². The molecule has 0 aromatic carbocycles. The molecule has 0 aliphatic heterocycles.